The van der Waals surface area contributed by atoms with E-state index in [1.165, 1.54) is 0 Å². The quantitative estimate of drug-likeness (QED) is 0.540. The molecule has 0 aromatic rings. The lowest BCUT2D eigenvalue weighted by Gasteiger charge is -2.17. The van der Waals surface area contributed by atoms with Gasteiger partial charge in [0, 0.05) is 24.3 Å². The summed E-state index contributed by atoms with van der Waals surface area (Å²) in [5, 5.41) is 2.83. The van der Waals surface area contributed by atoms with E-state index in [1.807, 2.05) is 20.8 Å². The van der Waals surface area contributed by atoms with Gasteiger partial charge in [-0.2, -0.15) is 12.6 Å². The molecule has 1 amide bonds. The highest BCUT2D eigenvalue weighted by Gasteiger charge is 2.22. The normalized spacial score (nSPS) is 14.6. The molecule has 1 N–H and O–H groups in total. The summed E-state index contributed by atoms with van der Waals surface area (Å²) >= 11 is 4.09. The molecule has 0 saturated carbocycles. The highest BCUT2D eigenvalue weighted by Crippen LogP contribution is 2.13. The topological polar surface area (TPSA) is 46.2 Å². The minimum atomic E-state index is -0.234. The lowest BCUT2D eigenvalue weighted by molar-refractivity contribution is -0.130. The van der Waals surface area contributed by atoms with E-state index >= 15 is 0 Å². The van der Waals surface area contributed by atoms with E-state index in [4.69, 9.17) is 0 Å². The Hall–Kier alpha value is -0.0800. The number of ketones is 1. The number of Topliss-reactive ketones (excluding diaryl/α,β-unsaturated/α-hetero) is 1. The molecule has 3 nitrogen and oxygen atoms in total. The number of carbonyl (C=O) groups excluding carboxylic acids is 2. The molecule has 0 heterocycles. The molecule has 0 radical (unpaired) electrons. The fraction of sp³-hybridized carbons (Fsp3) is 0.818. The number of carbonyl (C=O) groups is 2. The average molecular weight is 263 g/mol. The van der Waals surface area contributed by atoms with Gasteiger partial charge in [0.15, 0.2) is 0 Å². The van der Waals surface area contributed by atoms with Crippen LogP contribution >= 0.6 is 21.9 Å². The van der Waals surface area contributed by atoms with Gasteiger partial charge in [0.05, 0.1) is 0 Å². The largest absolute Gasteiger partial charge is 0.354 e. The lowest BCUT2D eigenvalue weighted by atomic mass is 9.97. The Morgan fingerprint density at radius 3 is 2.25 bits per heavy atom. The Morgan fingerprint density at radius 1 is 1.31 bits per heavy atom. The van der Waals surface area contributed by atoms with Crippen LogP contribution in [-0.2, 0) is 9.59 Å². The van der Waals surface area contributed by atoms with Crippen LogP contribution in [0.3, 0.4) is 0 Å². The van der Waals surface area contributed by atoms with Gasteiger partial charge in [-0.3, -0.25) is 9.59 Å². The van der Waals surface area contributed by atoms with Gasteiger partial charge in [-0.05, 0) is 25.8 Å². The summed E-state index contributed by atoms with van der Waals surface area (Å²) in [7, 11) is 2.53. The first-order valence-electron chi connectivity index (χ1n) is 5.56. The third-order valence-corrected chi connectivity index (χ3v) is 3.47. The van der Waals surface area contributed by atoms with E-state index < -0.39 is 0 Å². The third-order valence-electron chi connectivity index (χ3n) is 2.36. The van der Waals surface area contributed by atoms with Crippen molar-refractivity contribution in [2.75, 3.05) is 11.9 Å². The van der Waals surface area contributed by atoms with Crippen LogP contribution in [0.15, 0.2) is 0 Å². The fourth-order valence-electron chi connectivity index (χ4n) is 1.23. The first-order valence-corrected chi connectivity index (χ1v) is 7.01. The first kappa shape index (κ1) is 15.9. The molecule has 0 aliphatic heterocycles. The summed E-state index contributed by atoms with van der Waals surface area (Å²) in [6, 6.07) is 0.115. The summed E-state index contributed by atoms with van der Waals surface area (Å²) in [6.45, 7) is 5.67. The molecule has 0 rings (SSSR count). The second-order valence-corrected chi connectivity index (χ2v) is 5.19. The molecular formula is C11H22NO2PS. The van der Waals surface area contributed by atoms with E-state index in [-0.39, 0.29) is 29.6 Å². The van der Waals surface area contributed by atoms with E-state index in [2.05, 4.69) is 27.2 Å². The molecule has 16 heavy (non-hydrogen) atoms. The molecule has 0 aliphatic rings. The summed E-state index contributed by atoms with van der Waals surface area (Å²) in [5.74, 6) is 0.302. The van der Waals surface area contributed by atoms with Gasteiger partial charge < -0.3 is 5.32 Å². The van der Waals surface area contributed by atoms with Crippen molar-refractivity contribution in [2.24, 2.45) is 11.8 Å². The van der Waals surface area contributed by atoms with Crippen molar-refractivity contribution in [2.45, 2.75) is 33.2 Å². The Bertz CT molecular complexity index is 246. The summed E-state index contributed by atoms with van der Waals surface area (Å²) in [6.07, 6.45) is 0.924. The van der Waals surface area contributed by atoms with Crippen LogP contribution in [0.25, 0.3) is 0 Å². The molecular weight excluding hydrogens is 241 g/mol. The smallest absolute Gasteiger partial charge is 0.224 e. The molecule has 0 aromatic carbocycles. The van der Waals surface area contributed by atoms with Crippen LogP contribution in [-0.4, -0.2) is 29.6 Å². The number of rotatable bonds is 7. The minimum Gasteiger partial charge on any atom is -0.354 e. The van der Waals surface area contributed by atoms with Crippen molar-refractivity contribution in [3.05, 3.63) is 0 Å². The van der Waals surface area contributed by atoms with E-state index in [0.29, 0.717) is 18.3 Å². The number of nitrogens with one attached hydrogen (secondary N) is 1. The van der Waals surface area contributed by atoms with Gasteiger partial charge in [-0.25, -0.2) is 0 Å². The van der Waals surface area contributed by atoms with Crippen molar-refractivity contribution in [1.82, 2.24) is 5.32 Å². The molecule has 3 atom stereocenters. The summed E-state index contributed by atoms with van der Waals surface area (Å²) in [5.41, 5.74) is 0. The number of hydrogen-bond acceptors (Lipinski definition) is 3. The van der Waals surface area contributed by atoms with E-state index in [0.717, 1.165) is 0 Å². The van der Waals surface area contributed by atoms with Gasteiger partial charge in [-0.1, -0.05) is 6.92 Å². The zero-order valence-corrected chi connectivity index (χ0v) is 12.2. The molecule has 0 spiro atoms. The monoisotopic (exact) mass is 263 g/mol. The van der Waals surface area contributed by atoms with E-state index in [1.54, 1.807) is 0 Å². The fourth-order valence-corrected chi connectivity index (χ4v) is 1.82. The molecule has 0 aliphatic carbocycles. The number of amides is 1. The average Bonchev–Trinajstić information content (AvgIpc) is 2.23. The highest BCUT2D eigenvalue weighted by atomic mass is 32.1. The van der Waals surface area contributed by atoms with Crippen molar-refractivity contribution in [3.63, 3.8) is 0 Å². The Balaban J connectivity index is 4.29. The standard InChI is InChI=1S/C11H22NO2PS/c1-7(2)12-11(14)9(5-15)4-10(13)8(3)6-16/h7-9,16H,4-6,15H2,1-3H3,(H,12,14)/t8-,9-/m0/s1. The maximum atomic E-state index is 11.7. The van der Waals surface area contributed by atoms with Crippen molar-refractivity contribution >= 4 is 33.6 Å². The predicted molar refractivity (Wildman–Crippen MR) is 74.0 cm³/mol. The SMILES string of the molecule is CC(C)NC(=O)[C@H](CP)CC(=O)[C@@H](C)CS. The Kier molecular flexibility index (Phi) is 8.04. The van der Waals surface area contributed by atoms with Crippen molar-refractivity contribution < 1.29 is 9.59 Å². The highest BCUT2D eigenvalue weighted by molar-refractivity contribution is 7.80. The van der Waals surface area contributed by atoms with Crippen LogP contribution < -0.4 is 5.32 Å². The molecule has 5 heteroatoms. The van der Waals surface area contributed by atoms with Gasteiger partial charge in [-0.15, -0.1) is 9.24 Å². The zero-order chi connectivity index (χ0) is 12.7. The molecule has 0 aromatic heterocycles. The maximum Gasteiger partial charge on any atom is 0.224 e. The number of thiol groups is 1. The van der Waals surface area contributed by atoms with Crippen LogP contribution in [0.4, 0.5) is 0 Å². The van der Waals surface area contributed by atoms with Gasteiger partial charge in [0.25, 0.3) is 0 Å². The van der Waals surface area contributed by atoms with E-state index in [9.17, 15) is 9.59 Å². The minimum absolute atomic E-state index is 0.0373. The van der Waals surface area contributed by atoms with Gasteiger partial charge in [0.2, 0.25) is 5.91 Å². The number of hydrogen-bond donors (Lipinski definition) is 2. The predicted octanol–water partition coefficient (Wildman–Crippen LogP) is 1.53. The molecule has 1 unspecified atom stereocenters. The second-order valence-electron chi connectivity index (χ2n) is 4.35. The summed E-state index contributed by atoms with van der Waals surface area (Å²) in [4.78, 5) is 23.4. The van der Waals surface area contributed by atoms with Crippen molar-refractivity contribution in [1.29, 1.82) is 0 Å². The Labute approximate surface area is 106 Å². The van der Waals surface area contributed by atoms with Crippen LogP contribution in [0.2, 0.25) is 0 Å². The van der Waals surface area contributed by atoms with Crippen LogP contribution in [0.1, 0.15) is 27.2 Å². The maximum absolute atomic E-state index is 11.7. The van der Waals surface area contributed by atoms with Gasteiger partial charge >= 0.3 is 0 Å². The van der Waals surface area contributed by atoms with Crippen molar-refractivity contribution in [3.8, 4) is 0 Å². The van der Waals surface area contributed by atoms with Crippen LogP contribution in [0, 0.1) is 11.8 Å². The van der Waals surface area contributed by atoms with Gasteiger partial charge in [0.1, 0.15) is 5.78 Å². The summed E-state index contributed by atoms with van der Waals surface area (Å²) < 4.78 is 0. The zero-order valence-electron chi connectivity index (χ0n) is 10.2. The molecule has 0 bridgehead atoms. The second kappa shape index (κ2) is 8.08. The van der Waals surface area contributed by atoms with Crippen LogP contribution in [0.5, 0.6) is 0 Å². The third kappa shape index (κ3) is 5.86. The molecule has 0 saturated heterocycles. The lowest BCUT2D eigenvalue weighted by Crippen LogP contribution is -2.37. The Morgan fingerprint density at radius 2 is 1.88 bits per heavy atom. The molecule has 94 valence electrons. The first-order chi connectivity index (χ1) is 7.42. The molecule has 0 fully saturated rings.